The third kappa shape index (κ3) is 3.56. The number of nitrogens with one attached hydrogen (secondary N) is 2. The Hall–Kier alpha value is -3.15. The van der Waals surface area contributed by atoms with Gasteiger partial charge in [-0.25, -0.2) is 9.18 Å². The number of urea groups is 1. The van der Waals surface area contributed by atoms with E-state index in [0.717, 1.165) is 16.6 Å². The molecule has 0 unspecified atom stereocenters. The van der Waals surface area contributed by atoms with Crippen LogP contribution in [0.5, 0.6) is 0 Å². The summed E-state index contributed by atoms with van der Waals surface area (Å²) in [5.74, 6) is -0.315. The predicted octanol–water partition coefficient (Wildman–Crippen LogP) is 4.51. The summed E-state index contributed by atoms with van der Waals surface area (Å²) >= 11 is 0. The van der Waals surface area contributed by atoms with Gasteiger partial charge in [0.05, 0.1) is 6.04 Å². The van der Waals surface area contributed by atoms with Crippen LogP contribution in [-0.4, -0.2) is 23.0 Å². The van der Waals surface area contributed by atoms with E-state index < -0.39 is 0 Å². The number of benzene rings is 2. The van der Waals surface area contributed by atoms with Gasteiger partial charge < -0.3 is 15.2 Å². The van der Waals surface area contributed by atoms with Crippen molar-refractivity contribution in [1.29, 1.82) is 0 Å². The fourth-order valence-electron chi connectivity index (χ4n) is 3.26. The van der Waals surface area contributed by atoms with Crippen LogP contribution in [0.1, 0.15) is 29.8 Å². The summed E-state index contributed by atoms with van der Waals surface area (Å²) in [5.41, 5.74) is 2.46. The van der Waals surface area contributed by atoms with Crippen LogP contribution in [0.2, 0.25) is 0 Å². The fourth-order valence-corrected chi connectivity index (χ4v) is 3.26. The molecule has 0 aliphatic rings. The van der Waals surface area contributed by atoms with E-state index in [1.807, 2.05) is 32.0 Å². The number of fused-ring (bicyclic) bond motifs is 1. The number of anilines is 1. The van der Waals surface area contributed by atoms with E-state index in [1.54, 1.807) is 31.0 Å². The second-order valence-electron chi connectivity index (χ2n) is 6.72. The number of aryl methyl sites for hydroxylation is 2. The summed E-state index contributed by atoms with van der Waals surface area (Å²) in [6.07, 6.45) is 0. The summed E-state index contributed by atoms with van der Waals surface area (Å²) < 4.78 is 13.4. The van der Waals surface area contributed by atoms with Crippen molar-refractivity contribution in [2.45, 2.75) is 26.8 Å². The Balaban J connectivity index is 1.92. The van der Waals surface area contributed by atoms with E-state index in [9.17, 15) is 14.0 Å². The minimum absolute atomic E-state index is 0.145. The summed E-state index contributed by atoms with van der Waals surface area (Å²) in [7, 11) is 1.69. The van der Waals surface area contributed by atoms with Gasteiger partial charge in [-0.3, -0.25) is 4.79 Å². The topological polar surface area (TPSA) is 65.2 Å². The highest BCUT2D eigenvalue weighted by atomic mass is 19.1. The monoisotopic (exact) mass is 367 g/mol. The molecule has 2 N–H and O–H groups in total. The second kappa shape index (κ2) is 7.23. The van der Waals surface area contributed by atoms with E-state index in [2.05, 4.69) is 10.3 Å². The minimum atomic E-state index is -0.316. The average molecular weight is 367 g/mol. The molecular formula is C21H22FN3O2. The molecule has 5 nitrogen and oxygen atoms in total. The number of aromatic amines is 1. The zero-order valence-electron chi connectivity index (χ0n) is 15.8. The van der Waals surface area contributed by atoms with Gasteiger partial charge in [0, 0.05) is 29.4 Å². The molecule has 0 saturated heterocycles. The molecule has 2 aromatic carbocycles. The number of H-pyrrole nitrogens is 1. The van der Waals surface area contributed by atoms with Gasteiger partial charge >= 0.3 is 6.03 Å². The Bertz CT molecular complexity index is 1070. The first-order valence-corrected chi connectivity index (χ1v) is 8.71. The van der Waals surface area contributed by atoms with Crippen LogP contribution >= 0.6 is 0 Å². The van der Waals surface area contributed by atoms with Crippen molar-refractivity contribution in [1.82, 2.24) is 9.88 Å². The Kier molecular flexibility index (Phi) is 4.99. The van der Waals surface area contributed by atoms with Crippen LogP contribution in [0.15, 0.2) is 47.3 Å². The van der Waals surface area contributed by atoms with Gasteiger partial charge in [0.15, 0.2) is 0 Å². The Morgan fingerprint density at radius 2 is 1.81 bits per heavy atom. The number of amides is 2. The molecule has 1 heterocycles. The lowest BCUT2D eigenvalue weighted by atomic mass is 9.98. The number of hydrogen-bond acceptors (Lipinski definition) is 2. The number of hydrogen-bond donors (Lipinski definition) is 2. The first-order valence-electron chi connectivity index (χ1n) is 8.71. The van der Waals surface area contributed by atoms with Crippen molar-refractivity contribution in [3.8, 4) is 0 Å². The Morgan fingerprint density at radius 3 is 2.48 bits per heavy atom. The highest BCUT2D eigenvalue weighted by molar-refractivity contribution is 5.91. The zero-order valence-corrected chi connectivity index (χ0v) is 15.8. The van der Waals surface area contributed by atoms with Gasteiger partial charge in [-0.1, -0.05) is 18.2 Å². The van der Waals surface area contributed by atoms with Crippen molar-refractivity contribution in [2.75, 3.05) is 12.4 Å². The molecule has 0 saturated carbocycles. The molecule has 0 bridgehead atoms. The van der Waals surface area contributed by atoms with Gasteiger partial charge in [0.2, 0.25) is 0 Å². The van der Waals surface area contributed by atoms with Crippen LogP contribution in [0, 0.1) is 19.7 Å². The first kappa shape index (κ1) is 18.6. The number of aromatic nitrogens is 1. The standard InChI is InChI=1S/C21H22FN3O2/c1-12-11-15(9-10-18(12)22)24-21(27)25(4)14(3)19-13(2)23-20(26)17-8-6-5-7-16(17)19/h5-11,14H,1-4H3,(H,23,26)(H,24,27)/t14-/m0/s1. The van der Waals surface area contributed by atoms with Gasteiger partial charge in [-0.2, -0.15) is 0 Å². The number of pyridine rings is 1. The average Bonchev–Trinajstić information content (AvgIpc) is 2.64. The lowest BCUT2D eigenvalue weighted by Gasteiger charge is -2.27. The molecule has 3 rings (SSSR count). The maximum Gasteiger partial charge on any atom is 0.322 e. The maximum atomic E-state index is 13.4. The third-order valence-corrected chi connectivity index (χ3v) is 4.90. The smallest absolute Gasteiger partial charge is 0.322 e. The summed E-state index contributed by atoms with van der Waals surface area (Å²) in [5, 5.41) is 4.20. The molecule has 6 heteroatoms. The Labute approximate surface area is 156 Å². The molecular weight excluding hydrogens is 345 g/mol. The highest BCUT2D eigenvalue weighted by Crippen LogP contribution is 2.28. The maximum absolute atomic E-state index is 13.4. The summed E-state index contributed by atoms with van der Waals surface area (Å²) in [6.45, 7) is 5.38. The molecule has 2 amide bonds. The van der Waals surface area contributed by atoms with E-state index in [1.165, 1.54) is 12.1 Å². The van der Waals surface area contributed by atoms with Crippen molar-refractivity contribution in [3.05, 3.63) is 75.5 Å². The quantitative estimate of drug-likeness (QED) is 0.715. The molecule has 1 atom stereocenters. The van der Waals surface area contributed by atoms with Crippen LogP contribution in [0.4, 0.5) is 14.9 Å². The molecule has 140 valence electrons. The molecule has 0 spiro atoms. The van der Waals surface area contributed by atoms with Crippen molar-refractivity contribution < 1.29 is 9.18 Å². The van der Waals surface area contributed by atoms with Crippen molar-refractivity contribution in [2.24, 2.45) is 0 Å². The summed E-state index contributed by atoms with van der Waals surface area (Å²) in [6, 6.07) is 11.2. The SMILES string of the molecule is Cc1cc(NC(=O)N(C)[C@@H](C)c2c(C)[nH]c(=O)c3ccccc23)ccc1F. The van der Waals surface area contributed by atoms with Gasteiger partial charge in [0.1, 0.15) is 5.82 Å². The number of carbonyl (C=O) groups excluding carboxylic acids is 1. The lowest BCUT2D eigenvalue weighted by Crippen LogP contribution is -2.34. The number of nitrogens with zero attached hydrogens (tertiary/aromatic N) is 1. The van der Waals surface area contributed by atoms with Crippen molar-refractivity contribution >= 4 is 22.5 Å². The van der Waals surface area contributed by atoms with Crippen LogP contribution in [-0.2, 0) is 0 Å². The number of carbonyl (C=O) groups is 1. The van der Waals surface area contributed by atoms with Gasteiger partial charge in [-0.15, -0.1) is 0 Å². The molecule has 0 aliphatic heterocycles. The first-order chi connectivity index (χ1) is 12.8. The van der Waals surface area contributed by atoms with E-state index in [0.29, 0.717) is 16.6 Å². The zero-order chi connectivity index (χ0) is 19.7. The molecule has 0 fully saturated rings. The largest absolute Gasteiger partial charge is 0.326 e. The molecule has 27 heavy (non-hydrogen) atoms. The van der Waals surface area contributed by atoms with E-state index >= 15 is 0 Å². The number of rotatable bonds is 3. The summed E-state index contributed by atoms with van der Waals surface area (Å²) in [4.78, 5) is 29.3. The molecule has 1 aromatic heterocycles. The minimum Gasteiger partial charge on any atom is -0.326 e. The van der Waals surface area contributed by atoms with E-state index in [-0.39, 0.29) is 23.4 Å². The predicted molar refractivity (Wildman–Crippen MR) is 106 cm³/mol. The Morgan fingerprint density at radius 1 is 1.15 bits per heavy atom. The van der Waals surface area contributed by atoms with Crippen LogP contribution < -0.4 is 10.9 Å². The fraction of sp³-hybridized carbons (Fsp3) is 0.238. The highest BCUT2D eigenvalue weighted by Gasteiger charge is 2.22. The van der Waals surface area contributed by atoms with E-state index in [4.69, 9.17) is 0 Å². The van der Waals surface area contributed by atoms with Crippen LogP contribution in [0.25, 0.3) is 10.8 Å². The molecule has 0 radical (unpaired) electrons. The number of halogens is 1. The van der Waals surface area contributed by atoms with Gasteiger partial charge in [-0.05, 0) is 56.0 Å². The van der Waals surface area contributed by atoms with Gasteiger partial charge in [0.25, 0.3) is 5.56 Å². The third-order valence-electron chi connectivity index (χ3n) is 4.90. The van der Waals surface area contributed by atoms with Crippen LogP contribution in [0.3, 0.4) is 0 Å². The van der Waals surface area contributed by atoms with Crippen molar-refractivity contribution in [3.63, 3.8) is 0 Å². The molecule has 0 aliphatic carbocycles. The normalized spacial score (nSPS) is 12.0. The lowest BCUT2D eigenvalue weighted by molar-refractivity contribution is 0.208. The second-order valence-corrected chi connectivity index (χ2v) is 6.72. The molecule has 3 aromatic rings.